The van der Waals surface area contributed by atoms with Crippen LogP contribution < -0.4 is 20.5 Å². The number of aromatic nitrogens is 4. The summed E-state index contributed by atoms with van der Waals surface area (Å²) in [5, 5.41) is 3.22. The second-order valence-corrected chi connectivity index (χ2v) is 6.56. The van der Waals surface area contributed by atoms with Crippen molar-refractivity contribution in [3.05, 3.63) is 64.7 Å². The Labute approximate surface area is 160 Å². The first-order valence-corrected chi connectivity index (χ1v) is 8.79. The summed E-state index contributed by atoms with van der Waals surface area (Å²) in [6.45, 7) is 2.18. The van der Waals surface area contributed by atoms with E-state index in [1.807, 2.05) is 49.4 Å². The largest absolute Gasteiger partial charge is 0.454 e. The molecule has 0 aliphatic carbocycles. The van der Waals surface area contributed by atoms with Gasteiger partial charge in [-0.25, -0.2) is 14.3 Å². The van der Waals surface area contributed by atoms with Crippen molar-refractivity contribution in [2.24, 2.45) is 7.05 Å². The van der Waals surface area contributed by atoms with Crippen molar-refractivity contribution < 1.29 is 9.47 Å². The van der Waals surface area contributed by atoms with Crippen molar-refractivity contribution in [1.29, 1.82) is 0 Å². The molecule has 0 saturated carbocycles. The number of hydrogen-bond donors (Lipinski definition) is 1. The molecular weight excluding hydrogens is 358 g/mol. The Bertz CT molecular complexity index is 1260. The molecule has 0 atom stereocenters. The van der Waals surface area contributed by atoms with Crippen molar-refractivity contribution >= 4 is 22.8 Å². The molecule has 0 radical (unpaired) electrons. The lowest BCUT2D eigenvalue weighted by Crippen LogP contribution is -2.20. The number of nitrogens with zero attached hydrogens (tertiary/aromatic N) is 4. The first kappa shape index (κ1) is 16.4. The number of aryl methyl sites for hydroxylation is 2. The number of fused-ring (bicyclic) bond motifs is 2. The SMILES string of the molecule is Cc1cc2c(cc1Nc1ncc3c(n1)n(-c1ccccc1)c(=O)n3C)OCO2. The van der Waals surface area contributed by atoms with Crippen molar-refractivity contribution in [2.75, 3.05) is 12.1 Å². The van der Waals surface area contributed by atoms with E-state index in [0.29, 0.717) is 22.9 Å². The molecule has 0 unspecified atom stereocenters. The second-order valence-electron chi connectivity index (χ2n) is 6.56. The standard InChI is InChI=1S/C20H17N5O3/c1-12-8-16-17(28-11-27-16)9-14(12)22-19-21-10-15-18(23-19)25(20(26)24(15)2)13-6-4-3-5-7-13/h3-10H,11H2,1-2H3,(H,21,22,23). The smallest absolute Gasteiger partial charge is 0.334 e. The van der Waals surface area contributed by atoms with Gasteiger partial charge in [0.25, 0.3) is 0 Å². The normalized spacial score (nSPS) is 12.5. The minimum Gasteiger partial charge on any atom is -0.454 e. The van der Waals surface area contributed by atoms with Gasteiger partial charge in [-0.05, 0) is 30.7 Å². The third-order valence-electron chi connectivity index (χ3n) is 4.78. The van der Waals surface area contributed by atoms with E-state index in [2.05, 4.69) is 15.3 Å². The van der Waals surface area contributed by atoms with E-state index in [-0.39, 0.29) is 12.5 Å². The van der Waals surface area contributed by atoms with Crippen molar-refractivity contribution in [3.63, 3.8) is 0 Å². The second kappa shape index (κ2) is 6.12. The lowest BCUT2D eigenvalue weighted by molar-refractivity contribution is 0.174. The molecule has 3 heterocycles. The molecule has 0 amide bonds. The quantitative estimate of drug-likeness (QED) is 0.593. The molecule has 5 rings (SSSR count). The van der Waals surface area contributed by atoms with Gasteiger partial charge < -0.3 is 14.8 Å². The number of ether oxygens (including phenoxy) is 2. The summed E-state index contributed by atoms with van der Waals surface area (Å²) < 4.78 is 14.0. The van der Waals surface area contributed by atoms with Gasteiger partial charge >= 0.3 is 5.69 Å². The number of hydrogen-bond acceptors (Lipinski definition) is 6. The molecule has 2 aromatic heterocycles. The maximum Gasteiger partial charge on any atom is 0.334 e. The molecule has 140 valence electrons. The minimum atomic E-state index is -0.174. The Morgan fingerprint density at radius 3 is 2.64 bits per heavy atom. The minimum absolute atomic E-state index is 0.174. The summed E-state index contributed by atoms with van der Waals surface area (Å²) >= 11 is 0. The maximum absolute atomic E-state index is 12.7. The monoisotopic (exact) mass is 375 g/mol. The van der Waals surface area contributed by atoms with Crippen LogP contribution in [0, 0.1) is 6.92 Å². The van der Waals surface area contributed by atoms with E-state index in [9.17, 15) is 4.79 Å². The van der Waals surface area contributed by atoms with Gasteiger partial charge in [-0.2, -0.15) is 4.98 Å². The van der Waals surface area contributed by atoms with E-state index in [1.54, 1.807) is 17.8 Å². The lowest BCUT2D eigenvalue weighted by atomic mass is 10.2. The van der Waals surface area contributed by atoms with E-state index in [4.69, 9.17) is 9.47 Å². The number of imidazole rings is 1. The molecule has 4 aromatic rings. The fourth-order valence-corrected chi connectivity index (χ4v) is 3.28. The van der Waals surface area contributed by atoms with Gasteiger partial charge in [0.05, 0.1) is 11.9 Å². The maximum atomic E-state index is 12.7. The average Bonchev–Trinajstić information content (AvgIpc) is 3.25. The Morgan fingerprint density at radius 2 is 1.86 bits per heavy atom. The molecule has 0 fully saturated rings. The van der Waals surface area contributed by atoms with E-state index >= 15 is 0 Å². The highest BCUT2D eigenvalue weighted by Gasteiger charge is 2.18. The molecule has 8 heteroatoms. The van der Waals surface area contributed by atoms with Gasteiger partial charge in [0.2, 0.25) is 12.7 Å². The molecule has 2 aromatic carbocycles. The van der Waals surface area contributed by atoms with Gasteiger partial charge in [0.1, 0.15) is 5.52 Å². The van der Waals surface area contributed by atoms with Crippen LogP contribution in [-0.2, 0) is 7.05 Å². The van der Waals surface area contributed by atoms with Crippen LogP contribution >= 0.6 is 0 Å². The van der Waals surface area contributed by atoms with Crippen LogP contribution in [0.15, 0.2) is 53.5 Å². The number of para-hydroxylation sites is 1. The van der Waals surface area contributed by atoms with Gasteiger partial charge in [0.15, 0.2) is 17.1 Å². The Kier molecular flexibility index (Phi) is 3.58. The third kappa shape index (κ3) is 2.50. The molecular formula is C20H17N5O3. The number of nitrogens with one attached hydrogen (secondary N) is 1. The van der Waals surface area contributed by atoms with Crippen LogP contribution in [0.2, 0.25) is 0 Å². The van der Waals surface area contributed by atoms with Crippen LogP contribution in [0.1, 0.15) is 5.56 Å². The van der Waals surface area contributed by atoms with Gasteiger partial charge in [-0.3, -0.25) is 4.57 Å². The van der Waals surface area contributed by atoms with E-state index < -0.39 is 0 Å². The summed E-state index contributed by atoms with van der Waals surface area (Å²) in [5.74, 6) is 1.79. The first-order chi connectivity index (χ1) is 13.6. The summed E-state index contributed by atoms with van der Waals surface area (Å²) in [6, 6.07) is 13.2. The summed E-state index contributed by atoms with van der Waals surface area (Å²) in [7, 11) is 1.71. The average molecular weight is 375 g/mol. The van der Waals surface area contributed by atoms with Crippen LogP contribution in [0.4, 0.5) is 11.6 Å². The topological polar surface area (TPSA) is 83.2 Å². The van der Waals surface area contributed by atoms with E-state index in [1.165, 1.54) is 4.57 Å². The van der Waals surface area contributed by atoms with Crippen LogP contribution in [0.25, 0.3) is 16.9 Å². The molecule has 1 aliphatic rings. The zero-order valence-electron chi connectivity index (χ0n) is 15.3. The third-order valence-corrected chi connectivity index (χ3v) is 4.78. The highest BCUT2D eigenvalue weighted by atomic mass is 16.7. The number of benzene rings is 2. The molecule has 1 N–H and O–H groups in total. The Balaban J connectivity index is 1.62. The van der Waals surface area contributed by atoms with Crippen molar-refractivity contribution in [2.45, 2.75) is 6.92 Å². The lowest BCUT2D eigenvalue weighted by Gasteiger charge is -2.10. The predicted molar refractivity (Wildman–Crippen MR) is 105 cm³/mol. The Hall–Kier alpha value is -3.81. The van der Waals surface area contributed by atoms with Crippen molar-refractivity contribution in [3.8, 4) is 17.2 Å². The molecule has 8 nitrogen and oxygen atoms in total. The highest BCUT2D eigenvalue weighted by molar-refractivity contribution is 5.75. The van der Waals surface area contributed by atoms with Gasteiger partial charge in [-0.1, -0.05) is 18.2 Å². The molecule has 0 bridgehead atoms. The van der Waals surface area contributed by atoms with Gasteiger partial charge in [0, 0.05) is 18.8 Å². The number of rotatable bonds is 3. The number of anilines is 2. The Morgan fingerprint density at radius 1 is 1.11 bits per heavy atom. The van der Waals surface area contributed by atoms with Gasteiger partial charge in [-0.15, -0.1) is 0 Å². The molecule has 0 saturated heterocycles. The first-order valence-electron chi connectivity index (χ1n) is 8.79. The fraction of sp³-hybridized carbons (Fsp3) is 0.150. The van der Waals surface area contributed by atoms with Crippen molar-refractivity contribution in [1.82, 2.24) is 19.1 Å². The molecule has 0 spiro atoms. The molecule has 28 heavy (non-hydrogen) atoms. The van der Waals surface area contributed by atoms with Crippen LogP contribution in [0.5, 0.6) is 11.5 Å². The van der Waals surface area contributed by atoms with Crippen LogP contribution in [0.3, 0.4) is 0 Å². The van der Waals surface area contributed by atoms with Crippen LogP contribution in [-0.4, -0.2) is 25.9 Å². The summed E-state index contributed by atoms with van der Waals surface area (Å²) in [6.07, 6.45) is 1.65. The zero-order valence-corrected chi connectivity index (χ0v) is 15.3. The summed E-state index contributed by atoms with van der Waals surface area (Å²) in [5.41, 5.74) is 3.56. The predicted octanol–water partition coefficient (Wildman–Crippen LogP) is 2.90. The summed E-state index contributed by atoms with van der Waals surface area (Å²) in [4.78, 5) is 21.7. The highest BCUT2D eigenvalue weighted by Crippen LogP contribution is 2.37. The fourth-order valence-electron chi connectivity index (χ4n) is 3.28. The zero-order chi connectivity index (χ0) is 19.3. The van der Waals surface area contributed by atoms with E-state index in [0.717, 1.165) is 22.7 Å². The molecule has 1 aliphatic heterocycles.